The minimum Gasteiger partial charge on any atom is -0.493 e. The van der Waals surface area contributed by atoms with Crippen molar-refractivity contribution in [1.29, 1.82) is 0 Å². The van der Waals surface area contributed by atoms with Crippen molar-refractivity contribution < 1.29 is 14.3 Å². The Kier molecular flexibility index (Phi) is 3.04. The van der Waals surface area contributed by atoms with Crippen LogP contribution in [0.3, 0.4) is 0 Å². The van der Waals surface area contributed by atoms with Crippen molar-refractivity contribution in [3.05, 3.63) is 29.3 Å². The fourth-order valence-electron chi connectivity index (χ4n) is 1.97. The van der Waals surface area contributed by atoms with Crippen LogP contribution in [-0.4, -0.2) is 20.1 Å². The first kappa shape index (κ1) is 11.5. The maximum Gasteiger partial charge on any atom is 0.221 e. The molecule has 0 aromatic heterocycles. The number of rotatable bonds is 3. The van der Waals surface area contributed by atoms with Gasteiger partial charge in [0.05, 0.1) is 14.2 Å². The summed E-state index contributed by atoms with van der Waals surface area (Å²) in [7, 11) is 3.21. The third-order valence-corrected chi connectivity index (χ3v) is 2.74. The molecule has 1 amide bonds. The fourth-order valence-corrected chi connectivity index (χ4v) is 1.97. The van der Waals surface area contributed by atoms with E-state index < -0.39 is 0 Å². The lowest BCUT2D eigenvalue weighted by molar-refractivity contribution is -0.117. The van der Waals surface area contributed by atoms with Crippen LogP contribution < -0.4 is 14.8 Å². The first-order valence-corrected chi connectivity index (χ1v) is 5.38. The van der Waals surface area contributed by atoms with E-state index in [1.807, 2.05) is 18.2 Å². The number of fused-ring (bicyclic) bond motifs is 1. The van der Waals surface area contributed by atoms with Gasteiger partial charge in [-0.25, -0.2) is 0 Å². The molecule has 90 valence electrons. The van der Waals surface area contributed by atoms with Gasteiger partial charge in [0, 0.05) is 18.2 Å². The van der Waals surface area contributed by atoms with E-state index in [2.05, 4.69) is 5.32 Å². The van der Waals surface area contributed by atoms with E-state index in [1.54, 1.807) is 14.2 Å². The number of allylic oxidation sites excluding steroid dienone is 1. The number of benzene rings is 1. The molecule has 1 aliphatic rings. The SMILES string of the molecule is COc1cc2c(cc1OC)C(NC(C)=O)=CC2. The summed E-state index contributed by atoms with van der Waals surface area (Å²) < 4.78 is 10.5. The van der Waals surface area contributed by atoms with Crippen molar-refractivity contribution >= 4 is 11.6 Å². The smallest absolute Gasteiger partial charge is 0.221 e. The number of methoxy groups -OCH3 is 2. The van der Waals surface area contributed by atoms with Gasteiger partial charge < -0.3 is 14.8 Å². The second-order valence-electron chi connectivity index (χ2n) is 3.87. The largest absolute Gasteiger partial charge is 0.493 e. The molecule has 0 saturated carbocycles. The molecule has 1 aromatic carbocycles. The van der Waals surface area contributed by atoms with Crippen LogP contribution in [0.25, 0.3) is 5.70 Å². The molecule has 0 heterocycles. The van der Waals surface area contributed by atoms with Gasteiger partial charge in [0.25, 0.3) is 0 Å². The standard InChI is InChI=1S/C13H15NO3/c1-8(15)14-11-5-4-9-6-12(16-2)13(17-3)7-10(9)11/h5-7H,4H2,1-3H3,(H,14,15). The van der Waals surface area contributed by atoms with Gasteiger partial charge in [0.2, 0.25) is 5.91 Å². The lowest BCUT2D eigenvalue weighted by atomic mass is 10.1. The first-order chi connectivity index (χ1) is 8.15. The Balaban J connectivity index is 2.40. The Morgan fingerprint density at radius 1 is 1.24 bits per heavy atom. The van der Waals surface area contributed by atoms with Crippen molar-refractivity contribution in [2.24, 2.45) is 0 Å². The number of hydrogen-bond donors (Lipinski definition) is 1. The third-order valence-electron chi connectivity index (χ3n) is 2.74. The predicted octanol–water partition coefficient (Wildman–Crippen LogP) is 1.74. The summed E-state index contributed by atoms with van der Waals surface area (Å²) >= 11 is 0. The second-order valence-corrected chi connectivity index (χ2v) is 3.87. The van der Waals surface area contributed by atoms with E-state index in [4.69, 9.17) is 9.47 Å². The Bertz CT molecular complexity index is 492. The molecule has 0 unspecified atom stereocenters. The molecule has 17 heavy (non-hydrogen) atoms. The minimum atomic E-state index is -0.0705. The molecule has 0 bridgehead atoms. The highest BCUT2D eigenvalue weighted by Crippen LogP contribution is 2.36. The van der Waals surface area contributed by atoms with Crippen molar-refractivity contribution in [3.63, 3.8) is 0 Å². The number of amides is 1. The maximum atomic E-state index is 11.1. The van der Waals surface area contributed by atoms with Gasteiger partial charge >= 0.3 is 0 Å². The Morgan fingerprint density at radius 2 is 1.88 bits per heavy atom. The van der Waals surface area contributed by atoms with Crippen LogP contribution in [0, 0.1) is 0 Å². The quantitative estimate of drug-likeness (QED) is 0.865. The summed E-state index contributed by atoms with van der Waals surface area (Å²) in [4.78, 5) is 11.1. The van der Waals surface area contributed by atoms with Crippen LogP contribution >= 0.6 is 0 Å². The highest BCUT2D eigenvalue weighted by Gasteiger charge is 2.18. The van der Waals surface area contributed by atoms with Crippen LogP contribution in [0.2, 0.25) is 0 Å². The number of carbonyl (C=O) groups excluding carboxylic acids is 1. The van der Waals surface area contributed by atoms with E-state index in [0.29, 0.717) is 11.5 Å². The Morgan fingerprint density at radius 3 is 2.47 bits per heavy atom. The van der Waals surface area contributed by atoms with Crippen LogP contribution in [-0.2, 0) is 11.2 Å². The number of nitrogens with one attached hydrogen (secondary N) is 1. The molecule has 0 atom stereocenters. The minimum absolute atomic E-state index is 0.0705. The second kappa shape index (κ2) is 4.49. The van der Waals surface area contributed by atoms with Gasteiger partial charge in [0.1, 0.15) is 0 Å². The molecule has 4 heteroatoms. The van der Waals surface area contributed by atoms with Crippen molar-refractivity contribution in [2.75, 3.05) is 14.2 Å². The zero-order valence-electron chi connectivity index (χ0n) is 10.2. The van der Waals surface area contributed by atoms with E-state index in [1.165, 1.54) is 6.92 Å². The molecule has 1 aliphatic carbocycles. The van der Waals surface area contributed by atoms with Gasteiger partial charge in [-0.1, -0.05) is 6.08 Å². The summed E-state index contributed by atoms with van der Waals surface area (Å²) in [6, 6.07) is 3.84. The Hall–Kier alpha value is -1.97. The monoisotopic (exact) mass is 233 g/mol. The average molecular weight is 233 g/mol. The van der Waals surface area contributed by atoms with Crippen LogP contribution in [0.5, 0.6) is 11.5 Å². The van der Waals surface area contributed by atoms with Crippen molar-refractivity contribution in [3.8, 4) is 11.5 Å². The highest BCUT2D eigenvalue weighted by molar-refractivity contribution is 5.87. The molecule has 0 fully saturated rings. The van der Waals surface area contributed by atoms with Gasteiger partial charge in [-0.2, -0.15) is 0 Å². The molecule has 2 rings (SSSR count). The van der Waals surface area contributed by atoms with Crippen molar-refractivity contribution in [2.45, 2.75) is 13.3 Å². The molecule has 0 spiro atoms. The van der Waals surface area contributed by atoms with E-state index in [-0.39, 0.29) is 5.91 Å². The summed E-state index contributed by atoms with van der Waals surface area (Å²) in [5.41, 5.74) is 2.97. The van der Waals surface area contributed by atoms with Gasteiger partial charge in [-0.05, 0) is 24.1 Å². The number of carbonyl (C=O) groups is 1. The third kappa shape index (κ3) is 2.11. The first-order valence-electron chi connectivity index (χ1n) is 5.38. The summed E-state index contributed by atoms with van der Waals surface area (Å²) in [6.07, 6.45) is 2.79. The lowest BCUT2D eigenvalue weighted by Crippen LogP contribution is -2.17. The van der Waals surface area contributed by atoms with E-state index >= 15 is 0 Å². The molecule has 4 nitrogen and oxygen atoms in total. The van der Waals surface area contributed by atoms with Crippen LogP contribution in [0.15, 0.2) is 18.2 Å². The maximum absolute atomic E-state index is 11.1. The van der Waals surface area contributed by atoms with Crippen molar-refractivity contribution in [1.82, 2.24) is 5.32 Å². The van der Waals surface area contributed by atoms with Crippen LogP contribution in [0.1, 0.15) is 18.1 Å². The molecule has 0 aliphatic heterocycles. The summed E-state index contributed by atoms with van der Waals surface area (Å²) in [6.45, 7) is 1.50. The molecule has 0 radical (unpaired) electrons. The zero-order valence-corrected chi connectivity index (χ0v) is 10.2. The molecule has 1 N–H and O–H groups in total. The van der Waals surface area contributed by atoms with E-state index in [0.717, 1.165) is 23.2 Å². The summed E-state index contributed by atoms with van der Waals surface area (Å²) in [5.74, 6) is 1.31. The average Bonchev–Trinajstić information content (AvgIpc) is 2.69. The predicted molar refractivity (Wildman–Crippen MR) is 65.0 cm³/mol. The topological polar surface area (TPSA) is 47.6 Å². The molecule has 0 saturated heterocycles. The molecule has 1 aromatic rings. The summed E-state index contributed by atoms with van der Waals surface area (Å²) in [5, 5.41) is 2.81. The Labute approximate surface area is 100 Å². The normalized spacial score (nSPS) is 12.8. The fraction of sp³-hybridized carbons (Fsp3) is 0.308. The van der Waals surface area contributed by atoms with Crippen LogP contribution in [0.4, 0.5) is 0 Å². The zero-order chi connectivity index (χ0) is 12.4. The van der Waals surface area contributed by atoms with E-state index in [9.17, 15) is 4.79 Å². The highest BCUT2D eigenvalue weighted by atomic mass is 16.5. The number of ether oxygens (including phenoxy) is 2. The molecular weight excluding hydrogens is 218 g/mol. The lowest BCUT2D eigenvalue weighted by Gasteiger charge is -2.12. The van der Waals surface area contributed by atoms with Gasteiger partial charge in [-0.15, -0.1) is 0 Å². The van der Waals surface area contributed by atoms with Gasteiger partial charge in [0.15, 0.2) is 11.5 Å². The van der Waals surface area contributed by atoms with Gasteiger partial charge in [-0.3, -0.25) is 4.79 Å². The number of hydrogen-bond acceptors (Lipinski definition) is 3. The molecular formula is C13H15NO3.